The zero-order valence-corrected chi connectivity index (χ0v) is 14.7. The monoisotopic (exact) mass is 354 g/mol. The van der Waals surface area contributed by atoms with Crippen LogP contribution in [0.1, 0.15) is 25.7 Å². The first-order chi connectivity index (χ1) is 12.7. The van der Waals surface area contributed by atoms with Gasteiger partial charge in [0, 0.05) is 51.4 Å². The van der Waals surface area contributed by atoms with E-state index in [1.165, 1.54) is 0 Å². The Hall–Kier alpha value is -3.15. The van der Waals surface area contributed by atoms with Crippen molar-refractivity contribution in [1.82, 2.24) is 24.6 Å². The van der Waals surface area contributed by atoms with E-state index in [-0.39, 0.29) is 18.4 Å². The minimum Gasteiger partial charge on any atom is -0.368 e. The maximum atomic E-state index is 12.2. The molecule has 0 saturated carbocycles. The molecule has 2 aromatic rings. The molecule has 1 saturated heterocycles. The molecule has 26 heavy (non-hydrogen) atoms. The molecular weight excluding hydrogens is 332 g/mol. The number of carbonyl (C=O) groups is 1. The first-order valence-electron chi connectivity index (χ1n) is 8.64. The Kier molecular flexibility index (Phi) is 5.63. The summed E-state index contributed by atoms with van der Waals surface area (Å²) in [5.74, 6) is 1.23. The topological polar surface area (TPSA) is 112 Å². The Morgan fingerprint density at radius 1 is 1.50 bits per heavy atom. The lowest BCUT2D eigenvalue weighted by atomic mass is 10.2. The molecule has 3 rings (SSSR count). The summed E-state index contributed by atoms with van der Waals surface area (Å²) >= 11 is 0. The molecule has 0 spiro atoms. The van der Waals surface area contributed by atoms with Crippen molar-refractivity contribution in [3.63, 3.8) is 0 Å². The van der Waals surface area contributed by atoms with E-state index < -0.39 is 0 Å². The largest absolute Gasteiger partial charge is 0.368 e. The highest BCUT2D eigenvalue weighted by atomic mass is 16.2. The van der Waals surface area contributed by atoms with Gasteiger partial charge in [0.2, 0.25) is 11.9 Å². The molecule has 2 N–H and O–H groups in total. The van der Waals surface area contributed by atoms with Crippen LogP contribution in [0.25, 0.3) is 0 Å². The molecule has 0 radical (unpaired) electrons. The summed E-state index contributed by atoms with van der Waals surface area (Å²) < 4.78 is 1.70. The number of nitrogens with zero attached hydrogens (tertiary/aromatic N) is 6. The zero-order chi connectivity index (χ0) is 18.4. The van der Waals surface area contributed by atoms with Gasteiger partial charge in [0.15, 0.2) is 0 Å². The highest BCUT2D eigenvalue weighted by Crippen LogP contribution is 2.20. The first kappa shape index (κ1) is 17.7. The summed E-state index contributed by atoms with van der Waals surface area (Å²) in [7, 11) is 1.84. The number of hydrogen-bond donors (Lipinski definition) is 2. The number of nitriles is 1. The van der Waals surface area contributed by atoms with Crippen LogP contribution < -0.4 is 10.6 Å². The van der Waals surface area contributed by atoms with Crippen molar-refractivity contribution < 1.29 is 4.79 Å². The maximum absolute atomic E-state index is 12.2. The third-order valence-corrected chi connectivity index (χ3v) is 4.28. The Morgan fingerprint density at radius 3 is 3.15 bits per heavy atom. The number of nitrogens with one attached hydrogen (secondary N) is 2. The predicted molar refractivity (Wildman–Crippen MR) is 96.6 cm³/mol. The van der Waals surface area contributed by atoms with Gasteiger partial charge in [-0.1, -0.05) is 0 Å². The highest BCUT2D eigenvalue weighted by Gasteiger charge is 2.28. The summed E-state index contributed by atoms with van der Waals surface area (Å²) in [4.78, 5) is 22.7. The molecule has 9 nitrogen and oxygen atoms in total. The van der Waals surface area contributed by atoms with Crippen molar-refractivity contribution in [3.8, 4) is 6.07 Å². The van der Waals surface area contributed by atoms with Crippen molar-refractivity contribution in [1.29, 1.82) is 5.26 Å². The van der Waals surface area contributed by atoms with Crippen LogP contribution in [0.2, 0.25) is 0 Å². The summed E-state index contributed by atoms with van der Waals surface area (Å²) in [5, 5.41) is 19.1. The van der Waals surface area contributed by atoms with E-state index in [0.717, 1.165) is 25.1 Å². The standard InChI is InChI=1S/C17H22N8O/c1-24-12-13(10-21-24)22-17-19-8-6-15(23-17)20-11-14-4-3-9-25(14)16(26)5-2-7-18/h6,8,10,12,14H,2-5,9,11H2,1H3,(H2,19,20,22,23)/t14-/m1/s1. The molecule has 2 aromatic heterocycles. The van der Waals surface area contributed by atoms with Crippen molar-refractivity contribution in [2.75, 3.05) is 23.7 Å². The second kappa shape index (κ2) is 8.29. The van der Waals surface area contributed by atoms with Gasteiger partial charge in [0.1, 0.15) is 5.82 Å². The fourth-order valence-corrected chi connectivity index (χ4v) is 3.04. The lowest BCUT2D eigenvalue weighted by Crippen LogP contribution is -2.39. The Morgan fingerprint density at radius 2 is 2.38 bits per heavy atom. The minimum atomic E-state index is 0.0532. The number of amides is 1. The molecule has 1 amide bonds. The number of aryl methyl sites for hydroxylation is 1. The van der Waals surface area contributed by atoms with Crippen molar-refractivity contribution in [2.45, 2.75) is 31.7 Å². The molecule has 0 aromatic carbocycles. The van der Waals surface area contributed by atoms with E-state index in [1.807, 2.05) is 24.2 Å². The van der Waals surface area contributed by atoms with Gasteiger partial charge in [-0.2, -0.15) is 15.3 Å². The van der Waals surface area contributed by atoms with E-state index in [2.05, 4.69) is 25.7 Å². The van der Waals surface area contributed by atoms with E-state index >= 15 is 0 Å². The second-order valence-electron chi connectivity index (χ2n) is 6.22. The SMILES string of the molecule is Cn1cc(Nc2nccc(NC[C@H]3CCCN3C(=O)CCC#N)n2)cn1. The molecule has 3 heterocycles. The van der Waals surface area contributed by atoms with Gasteiger partial charge in [-0.15, -0.1) is 0 Å². The normalized spacial score (nSPS) is 16.3. The van der Waals surface area contributed by atoms with E-state index in [1.54, 1.807) is 23.1 Å². The summed E-state index contributed by atoms with van der Waals surface area (Å²) in [5.41, 5.74) is 0.815. The van der Waals surface area contributed by atoms with Gasteiger partial charge >= 0.3 is 0 Å². The average molecular weight is 354 g/mol. The lowest BCUT2D eigenvalue weighted by molar-refractivity contribution is -0.131. The van der Waals surface area contributed by atoms with Gasteiger partial charge in [-0.25, -0.2) is 4.98 Å². The smallest absolute Gasteiger partial charge is 0.229 e. The first-order valence-corrected chi connectivity index (χ1v) is 8.64. The quantitative estimate of drug-likeness (QED) is 0.777. The fourth-order valence-electron chi connectivity index (χ4n) is 3.04. The van der Waals surface area contributed by atoms with Crippen LogP contribution in [0, 0.1) is 11.3 Å². The average Bonchev–Trinajstić information content (AvgIpc) is 3.27. The van der Waals surface area contributed by atoms with Gasteiger partial charge in [0.05, 0.1) is 18.0 Å². The van der Waals surface area contributed by atoms with Crippen LogP contribution in [0.15, 0.2) is 24.7 Å². The Bertz CT molecular complexity index is 796. The number of anilines is 3. The van der Waals surface area contributed by atoms with Crippen LogP contribution in [0.5, 0.6) is 0 Å². The van der Waals surface area contributed by atoms with Crippen LogP contribution >= 0.6 is 0 Å². The van der Waals surface area contributed by atoms with E-state index in [9.17, 15) is 4.79 Å². The zero-order valence-electron chi connectivity index (χ0n) is 14.7. The van der Waals surface area contributed by atoms with Crippen molar-refractivity contribution in [3.05, 3.63) is 24.7 Å². The van der Waals surface area contributed by atoms with E-state index in [0.29, 0.717) is 24.7 Å². The number of hydrogen-bond acceptors (Lipinski definition) is 7. The highest BCUT2D eigenvalue weighted by molar-refractivity contribution is 5.77. The molecule has 136 valence electrons. The van der Waals surface area contributed by atoms with Gasteiger partial charge < -0.3 is 15.5 Å². The van der Waals surface area contributed by atoms with Crippen molar-refractivity contribution >= 4 is 23.4 Å². The summed E-state index contributed by atoms with van der Waals surface area (Å²) in [6.07, 6.45) is 7.72. The third-order valence-electron chi connectivity index (χ3n) is 4.28. The van der Waals surface area contributed by atoms with Crippen LogP contribution in [-0.4, -0.2) is 49.7 Å². The van der Waals surface area contributed by atoms with Gasteiger partial charge in [0.25, 0.3) is 0 Å². The van der Waals surface area contributed by atoms with E-state index in [4.69, 9.17) is 5.26 Å². The van der Waals surface area contributed by atoms with Gasteiger partial charge in [-0.3, -0.25) is 9.48 Å². The molecule has 9 heteroatoms. The molecule has 1 aliphatic rings. The number of likely N-dealkylation sites (tertiary alicyclic amines) is 1. The molecule has 1 atom stereocenters. The lowest BCUT2D eigenvalue weighted by Gasteiger charge is -2.25. The summed E-state index contributed by atoms with van der Waals surface area (Å²) in [6.45, 7) is 1.38. The fraction of sp³-hybridized carbons (Fsp3) is 0.471. The van der Waals surface area contributed by atoms with Crippen LogP contribution in [-0.2, 0) is 11.8 Å². The molecule has 0 unspecified atom stereocenters. The van der Waals surface area contributed by atoms with Crippen LogP contribution in [0.3, 0.4) is 0 Å². The summed E-state index contributed by atoms with van der Waals surface area (Å²) in [6, 6.07) is 3.96. The molecule has 0 bridgehead atoms. The Balaban J connectivity index is 1.56. The number of carbonyl (C=O) groups excluding carboxylic acids is 1. The third kappa shape index (κ3) is 4.47. The van der Waals surface area contributed by atoms with Gasteiger partial charge in [-0.05, 0) is 18.9 Å². The Labute approximate surface area is 152 Å². The molecule has 1 fully saturated rings. The minimum absolute atomic E-state index is 0.0532. The number of aromatic nitrogens is 4. The molecule has 0 aliphatic carbocycles. The van der Waals surface area contributed by atoms with Crippen molar-refractivity contribution in [2.24, 2.45) is 7.05 Å². The van der Waals surface area contributed by atoms with Crippen LogP contribution in [0.4, 0.5) is 17.5 Å². The molecule has 1 aliphatic heterocycles. The maximum Gasteiger partial charge on any atom is 0.229 e. The second-order valence-corrected chi connectivity index (χ2v) is 6.22. The number of rotatable bonds is 7. The molecular formula is C17H22N8O. The predicted octanol–water partition coefficient (Wildman–Crippen LogP) is 1.66.